The molecule has 2 aromatic carbocycles. The Labute approximate surface area is 132 Å². The summed E-state index contributed by atoms with van der Waals surface area (Å²) in [6.07, 6.45) is 0. The lowest BCUT2D eigenvalue weighted by Gasteiger charge is -1.99. The van der Waals surface area contributed by atoms with Crippen LogP contribution in [0.25, 0.3) is 22.8 Å². The molecule has 0 unspecified atom stereocenters. The first-order valence-electron chi connectivity index (χ1n) is 5.86. The van der Waals surface area contributed by atoms with E-state index >= 15 is 0 Å². The van der Waals surface area contributed by atoms with Gasteiger partial charge in [0.1, 0.15) is 11.5 Å². The predicted octanol–water partition coefficient (Wildman–Crippen LogP) is 4.23. The number of aromatic nitrogens is 2. The molecule has 1 aromatic heterocycles. The second-order valence-corrected chi connectivity index (χ2v) is 5.52. The van der Waals surface area contributed by atoms with Crippen LogP contribution in [-0.4, -0.2) is 20.4 Å². The zero-order valence-corrected chi connectivity index (χ0v) is 12.8. The molecule has 0 saturated heterocycles. The van der Waals surface area contributed by atoms with Crippen molar-refractivity contribution in [3.8, 4) is 34.3 Å². The molecule has 0 amide bonds. The standard InChI is InChI=1S/C14H8BrClN2O3/c15-10-5-7(1-4-11(10)16)13-17-14(21-18-13)9-3-2-8(19)6-12(9)20/h1-6,19-20H. The Hall–Kier alpha value is -2.05. The van der Waals surface area contributed by atoms with Gasteiger partial charge in [0, 0.05) is 16.1 Å². The molecule has 21 heavy (non-hydrogen) atoms. The fraction of sp³-hybridized carbons (Fsp3) is 0. The Morgan fingerprint density at radius 3 is 2.62 bits per heavy atom. The Morgan fingerprint density at radius 1 is 1.10 bits per heavy atom. The summed E-state index contributed by atoms with van der Waals surface area (Å²) in [6.45, 7) is 0. The number of benzene rings is 2. The van der Waals surface area contributed by atoms with Crippen molar-refractivity contribution in [1.29, 1.82) is 0 Å². The molecule has 0 aliphatic heterocycles. The Morgan fingerprint density at radius 2 is 1.90 bits per heavy atom. The third kappa shape index (κ3) is 2.72. The van der Waals surface area contributed by atoms with Crippen molar-refractivity contribution in [2.45, 2.75) is 0 Å². The van der Waals surface area contributed by atoms with E-state index in [1.807, 2.05) is 0 Å². The van der Waals surface area contributed by atoms with Crippen LogP contribution < -0.4 is 0 Å². The molecule has 5 nitrogen and oxygen atoms in total. The van der Waals surface area contributed by atoms with Gasteiger partial charge in [-0.15, -0.1) is 0 Å². The van der Waals surface area contributed by atoms with Gasteiger partial charge in [-0.25, -0.2) is 0 Å². The summed E-state index contributed by atoms with van der Waals surface area (Å²) in [6, 6.07) is 9.39. The average molecular weight is 368 g/mol. The maximum atomic E-state index is 9.79. The van der Waals surface area contributed by atoms with Gasteiger partial charge in [0.25, 0.3) is 5.89 Å². The van der Waals surface area contributed by atoms with E-state index in [2.05, 4.69) is 26.1 Å². The lowest BCUT2D eigenvalue weighted by atomic mass is 10.2. The van der Waals surface area contributed by atoms with Gasteiger partial charge in [-0.1, -0.05) is 16.8 Å². The van der Waals surface area contributed by atoms with Crippen LogP contribution in [0.15, 0.2) is 45.4 Å². The summed E-state index contributed by atoms with van der Waals surface area (Å²) in [5.74, 6) is 0.350. The lowest BCUT2D eigenvalue weighted by molar-refractivity contribution is 0.423. The Kier molecular flexibility index (Phi) is 3.57. The van der Waals surface area contributed by atoms with Crippen molar-refractivity contribution in [2.75, 3.05) is 0 Å². The zero-order valence-electron chi connectivity index (χ0n) is 10.4. The highest BCUT2D eigenvalue weighted by molar-refractivity contribution is 9.10. The van der Waals surface area contributed by atoms with Crippen LogP contribution in [0.4, 0.5) is 0 Å². The van der Waals surface area contributed by atoms with Crippen LogP contribution in [-0.2, 0) is 0 Å². The average Bonchev–Trinajstić information content (AvgIpc) is 2.91. The summed E-state index contributed by atoms with van der Waals surface area (Å²) in [7, 11) is 0. The molecule has 3 aromatic rings. The van der Waals surface area contributed by atoms with E-state index in [1.165, 1.54) is 18.2 Å². The maximum Gasteiger partial charge on any atom is 0.262 e. The largest absolute Gasteiger partial charge is 0.508 e. The molecule has 0 aliphatic rings. The number of hydrogen-bond acceptors (Lipinski definition) is 5. The predicted molar refractivity (Wildman–Crippen MR) is 81.2 cm³/mol. The third-order valence-electron chi connectivity index (χ3n) is 2.82. The number of aromatic hydroxyl groups is 2. The minimum absolute atomic E-state index is 0.0439. The molecule has 7 heteroatoms. The van der Waals surface area contributed by atoms with Crippen LogP contribution in [0.3, 0.4) is 0 Å². The molecule has 0 fully saturated rings. The van der Waals surface area contributed by atoms with Crippen molar-refractivity contribution in [2.24, 2.45) is 0 Å². The van der Waals surface area contributed by atoms with Crippen LogP contribution >= 0.6 is 27.5 Å². The van der Waals surface area contributed by atoms with Gasteiger partial charge in [0.05, 0.1) is 10.6 Å². The minimum Gasteiger partial charge on any atom is -0.508 e. The highest BCUT2D eigenvalue weighted by atomic mass is 79.9. The molecule has 0 aliphatic carbocycles. The van der Waals surface area contributed by atoms with Gasteiger partial charge in [-0.2, -0.15) is 4.98 Å². The third-order valence-corrected chi connectivity index (χ3v) is 4.03. The lowest BCUT2D eigenvalue weighted by Crippen LogP contribution is -1.82. The van der Waals surface area contributed by atoms with E-state index in [0.29, 0.717) is 16.4 Å². The van der Waals surface area contributed by atoms with Gasteiger partial charge in [-0.05, 0) is 46.3 Å². The fourth-order valence-electron chi connectivity index (χ4n) is 1.79. The summed E-state index contributed by atoms with van der Waals surface area (Å²) in [5, 5.41) is 23.5. The number of nitrogens with zero attached hydrogens (tertiary/aromatic N) is 2. The molecule has 0 saturated carbocycles. The molecular weight excluding hydrogens is 360 g/mol. The van der Waals surface area contributed by atoms with Gasteiger partial charge in [-0.3, -0.25) is 0 Å². The normalized spacial score (nSPS) is 10.8. The first kappa shape index (κ1) is 13.9. The van der Waals surface area contributed by atoms with Gasteiger partial charge in [0.15, 0.2) is 0 Å². The van der Waals surface area contributed by atoms with Crippen molar-refractivity contribution in [3.05, 3.63) is 45.9 Å². The van der Waals surface area contributed by atoms with E-state index in [9.17, 15) is 10.2 Å². The number of hydrogen-bond donors (Lipinski definition) is 2. The highest BCUT2D eigenvalue weighted by Gasteiger charge is 2.15. The van der Waals surface area contributed by atoms with Crippen molar-refractivity contribution < 1.29 is 14.7 Å². The monoisotopic (exact) mass is 366 g/mol. The van der Waals surface area contributed by atoms with E-state index in [-0.39, 0.29) is 17.4 Å². The molecular formula is C14H8BrClN2O3. The first-order chi connectivity index (χ1) is 10.0. The van der Waals surface area contributed by atoms with Crippen LogP contribution in [0.5, 0.6) is 11.5 Å². The highest BCUT2D eigenvalue weighted by Crippen LogP contribution is 2.33. The molecule has 0 spiro atoms. The van der Waals surface area contributed by atoms with Crippen molar-refractivity contribution in [1.82, 2.24) is 10.1 Å². The van der Waals surface area contributed by atoms with Crippen LogP contribution in [0.1, 0.15) is 0 Å². The summed E-state index contributed by atoms with van der Waals surface area (Å²) < 4.78 is 5.87. The molecule has 106 valence electrons. The van der Waals surface area contributed by atoms with E-state index in [1.54, 1.807) is 18.2 Å². The smallest absolute Gasteiger partial charge is 0.262 e. The second-order valence-electron chi connectivity index (χ2n) is 4.25. The Balaban J connectivity index is 2.01. The molecule has 2 N–H and O–H groups in total. The quantitative estimate of drug-likeness (QED) is 0.708. The molecule has 0 radical (unpaired) electrons. The fourth-order valence-corrected chi connectivity index (χ4v) is 2.28. The van der Waals surface area contributed by atoms with Gasteiger partial charge < -0.3 is 14.7 Å². The van der Waals surface area contributed by atoms with E-state index in [4.69, 9.17) is 16.1 Å². The van der Waals surface area contributed by atoms with Crippen LogP contribution in [0, 0.1) is 0 Å². The van der Waals surface area contributed by atoms with Crippen molar-refractivity contribution in [3.63, 3.8) is 0 Å². The van der Waals surface area contributed by atoms with Gasteiger partial charge >= 0.3 is 0 Å². The summed E-state index contributed by atoms with van der Waals surface area (Å²) >= 11 is 9.27. The second kappa shape index (κ2) is 5.38. The molecule has 0 bridgehead atoms. The topological polar surface area (TPSA) is 79.4 Å². The van der Waals surface area contributed by atoms with Crippen molar-refractivity contribution >= 4 is 27.5 Å². The summed E-state index contributed by atoms with van der Waals surface area (Å²) in [4.78, 5) is 4.23. The first-order valence-corrected chi connectivity index (χ1v) is 7.03. The summed E-state index contributed by atoms with van der Waals surface area (Å²) in [5.41, 5.74) is 1.07. The van der Waals surface area contributed by atoms with Gasteiger partial charge in [0.2, 0.25) is 5.82 Å². The maximum absolute atomic E-state index is 9.79. The number of phenols is 2. The SMILES string of the molecule is Oc1ccc(-c2nc(-c3ccc(Cl)c(Br)c3)no2)c(O)c1. The Bertz CT molecular complexity index is 820. The molecule has 1 heterocycles. The number of rotatable bonds is 2. The zero-order chi connectivity index (χ0) is 15.0. The minimum atomic E-state index is -0.137. The number of phenolic OH excluding ortho intramolecular Hbond substituents is 2. The van der Waals surface area contributed by atoms with E-state index < -0.39 is 0 Å². The number of halogens is 2. The molecule has 3 rings (SSSR count). The molecule has 0 atom stereocenters. The van der Waals surface area contributed by atoms with Crippen LogP contribution in [0.2, 0.25) is 5.02 Å². The van der Waals surface area contributed by atoms with E-state index in [0.717, 1.165) is 10.0 Å².